The molecule has 3 aromatic rings. The molecule has 3 rings (SSSR count). The van der Waals surface area contributed by atoms with E-state index in [0.717, 1.165) is 22.2 Å². The first-order valence-electron chi connectivity index (χ1n) is 7.05. The lowest BCUT2D eigenvalue weighted by atomic mass is 10.1. The highest BCUT2D eigenvalue weighted by Crippen LogP contribution is 2.24. The molecular formula is C18H16N2O2. The van der Waals surface area contributed by atoms with Gasteiger partial charge in [-0.2, -0.15) is 5.10 Å². The van der Waals surface area contributed by atoms with Crippen LogP contribution in [-0.2, 0) is 0 Å². The fourth-order valence-electron chi connectivity index (χ4n) is 2.32. The number of rotatable bonds is 3. The van der Waals surface area contributed by atoms with Crippen molar-refractivity contribution >= 4 is 22.6 Å². The minimum absolute atomic E-state index is 0.297. The van der Waals surface area contributed by atoms with Crippen molar-refractivity contribution in [1.29, 1.82) is 0 Å². The zero-order valence-corrected chi connectivity index (χ0v) is 12.5. The molecule has 1 N–H and O–H groups in total. The molecule has 1 heterocycles. The van der Waals surface area contributed by atoms with Crippen LogP contribution in [0.4, 0.5) is 0 Å². The summed E-state index contributed by atoms with van der Waals surface area (Å²) in [4.78, 5) is 12.3. The fraction of sp³-hybridized carbons (Fsp3) is 0.111. The first kappa shape index (κ1) is 14.1. The lowest BCUT2D eigenvalue weighted by molar-refractivity contribution is 0.0928. The fourth-order valence-corrected chi connectivity index (χ4v) is 2.32. The minimum Gasteiger partial charge on any atom is -0.451 e. The van der Waals surface area contributed by atoms with Crippen molar-refractivity contribution in [2.75, 3.05) is 0 Å². The van der Waals surface area contributed by atoms with Gasteiger partial charge in [0, 0.05) is 10.9 Å². The second kappa shape index (κ2) is 5.85. The smallest absolute Gasteiger partial charge is 0.307 e. The van der Waals surface area contributed by atoms with Gasteiger partial charge in [-0.1, -0.05) is 48.5 Å². The quantitative estimate of drug-likeness (QED) is 0.588. The number of furan rings is 1. The summed E-state index contributed by atoms with van der Waals surface area (Å²) < 4.78 is 5.62. The van der Waals surface area contributed by atoms with E-state index in [1.165, 1.54) is 0 Å². The van der Waals surface area contributed by atoms with Crippen LogP contribution in [0.15, 0.2) is 64.1 Å². The SMILES string of the molecule is C/C(=N/NC(=O)c1oc2ccccc2c1C)c1ccccc1. The summed E-state index contributed by atoms with van der Waals surface area (Å²) in [6.07, 6.45) is 0. The maximum Gasteiger partial charge on any atom is 0.307 e. The van der Waals surface area contributed by atoms with E-state index in [-0.39, 0.29) is 5.91 Å². The van der Waals surface area contributed by atoms with E-state index < -0.39 is 0 Å². The molecule has 2 aromatic carbocycles. The Morgan fingerprint density at radius 3 is 2.45 bits per heavy atom. The van der Waals surface area contributed by atoms with E-state index in [2.05, 4.69) is 10.5 Å². The van der Waals surface area contributed by atoms with E-state index in [9.17, 15) is 4.79 Å². The van der Waals surface area contributed by atoms with Crippen molar-refractivity contribution in [3.63, 3.8) is 0 Å². The summed E-state index contributed by atoms with van der Waals surface area (Å²) in [5.74, 6) is -0.0465. The van der Waals surface area contributed by atoms with Crippen molar-refractivity contribution < 1.29 is 9.21 Å². The summed E-state index contributed by atoms with van der Waals surface area (Å²) >= 11 is 0. The molecule has 0 spiro atoms. The standard InChI is InChI=1S/C18H16N2O2/c1-12-15-10-6-7-11-16(15)22-17(12)18(21)20-19-13(2)14-8-4-3-5-9-14/h3-11H,1-2H3,(H,20,21)/b19-13-. The molecule has 0 saturated carbocycles. The molecule has 0 fully saturated rings. The van der Waals surface area contributed by atoms with E-state index in [1.54, 1.807) is 0 Å². The van der Waals surface area contributed by atoms with E-state index in [1.807, 2.05) is 68.4 Å². The van der Waals surface area contributed by atoms with Gasteiger partial charge in [0.1, 0.15) is 5.58 Å². The van der Waals surface area contributed by atoms with Gasteiger partial charge in [-0.05, 0) is 25.5 Å². The second-order valence-electron chi connectivity index (χ2n) is 5.06. The number of nitrogens with one attached hydrogen (secondary N) is 1. The third-order valence-electron chi connectivity index (χ3n) is 3.57. The van der Waals surface area contributed by atoms with Crippen LogP contribution in [0.5, 0.6) is 0 Å². The van der Waals surface area contributed by atoms with E-state index in [4.69, 9.17) is 4.42 Å². The molecule has 0 aliphatic carbocycles. The van der Waals surface area contributed by atoms with Gasteiger partial charge >= 0.3 is 5.91 Å². The van der Waals surface area contributed by atoms with Crippen LogP contribution in [0.2, 0.25) is 0 Å². The summed E-state index contributed by atoms with van der Waals surface area (Å²) in [6, 6.07) is 17.3. The third kappa shape index (κ3) is 2.63. The normalized spacial score (nSPS) is 11.6. The number of amides is 1. The van der Waals surface area contributed by atoms with Gasteiger partial charge in [0.2, 0.25) is 0 Å². The number of aryl methyl sites for hydroxylation is 1. The van der Waals surface area contributed by atoms with Crippen LogP contribution in [0.3, 0.4) is 0 Å². The number of hydrogen-bond donors (Lipinski definition) is 1. The summed E-state index contributed by atoms with van der Waals surface area (Å²) in [5.41, 5.74) is 5.78. The summed E-state index contributed by atoms with van der Waals surface area (Å²) in [7, 11) is 0. The third-order valence-corrected chi connectivity index (χ3v) is 3.57. The van der Waals surface area contributed by atoms with Crippen molar-refractivity contribution in [3.05, 3.63) is 71.5 Å². The zero-order valence-electron chi connectivity index (χ0n) is 12.5. The topological polar surface area (TPSA) is 54.6 Å². The number of hydrazone groups is 1. The first-order chi connectivity index (χ1) is 10.7. The molecule has 1 aromatic heterocycles. The Morgan fingerprint density at radius 2 is 1.73 bits per heavy atom. The van der Waals surface area contributed by atoms with Gasteiger partial charge in [0.15, 0.2) is 5.76 Å². The number of carbonyl (C=O) groups excluding carboxylic acids is 1. The summed E-state index contributed by atoms with van der Waals surface area (Å²) in [6.45, 7) is 3.72. The molecule has 0 saturated heterocycles. The average Bonchev–Trinajstić information content (AvgIpc) is 2.90. The molecule has 110 valence electrons. The number of carbonyl (C=O) groups is 1. The van der Waals surface area contributed by atoms with Crippen LogP contribution in [0, 0.1) is 6.92 Å². The van der Waals surface area contributed by atoms with Crippen LogP contribution < -0.4 is 5.43 Å². The minimum atomic E-state index is -0.344. The number of benzene rings is 2. The highest BCUT2D eigenvalue weighted by molar-refractivity contribution is 6.02. The van der Waals surface area contributed by atoms with Gasteiger partial charge in [0.25, 0.3) is 0 Å². The Kier molecular flexibility index (Phi) is 3.74. The molecule has 0 aliphatic heterocycles. The highest BCUT2D eigenvalue weighted by atomic mass is 16.3. The van der Waals surface area contributed by atoms with Crippen LogP contribution in [0.25, 0.3) is 11.0 Å². The monoisotopic (exact) mass is 292 g/mol. The summed E-state index contributed by atoms with van der Waals surface area (Å²) in [5, 5.41) is 5.08. The second-order valence-corrected chi connectivity index (χ2v) is 5.06. The molecule has 4 heteroatoms. The van der Waals surface area contributed by atoms with Crippen molar-refractivity contribution in [1.82, 2.24) is 5.43 Å². The average molecular weight is 292 g/mol. The zero-order chi connectivity index (χ0) is 15.5. The van der Waals surface area contributed by atoms with Crippen molar-refractivity contribution in [2.45, 2.75) is 13.8 Å². The van der Waals surface area contributed by atoms with Gasteiger partial charge in [-0.15, -0.1) is 0 Å². The number of hydrogen-bond acceptors (Lipinski definition) is 3. The molecule has 0 atom stereocenters. The predicted molar refractivity (Wildman–Crippen MR) is 87.1 cm³/mol. The Morgan fingerprint density at radius 1 is 1.05 bits per heavy atom. The Bertz CT molecular complexity index is 848. The molecule has 0 unspecified atom stereocenters. The van der Waals surface area contributed by atoms with Gasteiger partial charge in [-0.25, -0.2) is 5.43 Å². The molecular weight excluding hydrogens is 276 g/mol. The van der Waals surface area contributed by atoms with Crippen molar-refractivity contribution in [2.24, 2.45) is 5.10 Å². The number of fused-ring (bicyclic) bond motifs is 1. The van der Waals surface area contributed by atoms with Crippen LogP contribution >= 0.6 is 0 Å². The predicted octanol–water partition coefficient (Wildman–Crippen LogP) is 3.90. The Hall–Kier alpha value is -2.88. The van der Waals surface area contributed by atoms with E-state index >= 15 is 0 Å². The van der Waals surface area contributed by atoms with Crippen molar-refractivity contribution in [3.8, 4) is 0 Å². The molecule has 4 nitrogen and oxygen atoms in total. The van der Waals surface area contributed by atoms with Crippen LogP contribution in [0.1, 0.15) is 28.6 Å². The molecule has 0 bridgehead atoms. The maximum absolute atomic E-state index is 12.3. The number of para-hydroxylation sites is 1. The number of nitrogens with zero attached hydrogens (tertiary/aromatic N) is 1. The lowest BCUT2D eigenvalue weighted by Crippen LogP contribution is -2.19. The van der Waals surface area contributed by atoms with E-state index in [0.29, 0.717) is 11.3 Å². The molecule has 0 aliphatic rings. The molecule has 0 radical (unpaired) electrons. The van der Waals surface area contributed by atoms with Gasteiger partial charge < -0.3 is 4.42 Å². The van der Waals surface area contributed by atoms with Crippen LogP contribution in [-0.4, -0.2) is 11.6 Å². The lowest BCUT2D eigenvalue weighted by Gasteiger charge is -2.01. The highest BCUT2D eigenvalue weighted by Gasteiger charge is 2.16. The largest absolute Gasteiger partial charge is 0.451 e. The molecule has 22 heavy (non-hydrogen) atoms. The molecule has 1 amide bonds. The van der Waals surface area contributed by atoms with Gasteiger partial charge in [-0.3, -0.25) is 4.79 Å². The Balaban J connectivity index is 1.83. The maximum atomic E-state index is 12.3. The first-order valence-corrected chi connectivity index (χ1v) is 7.05. The van der Waals surface area contributed by atoms with Gasteiger partial charge in [0.05, 0.1) is 5.71 Å². The Labute approximate surface area is 128 Å².